The summed E-state index contributed by atoms with van der Waals surface area (Å²) in [4.78, 5) is 38.0. The molecule has 0 aromatic carbocycles. The van der Waals surface area contributed by atoms with E-state index in [4.69, 9.17) is 14.2 Å². The Hall–Kier alpha value is -3.41. The van der Waals surface area contributed by atoms with E-state index in [9.17, 15) is 14.4 Å². The molecule has 0 aliphatic rings. The van der Waals surface area contributed by atoms with E-state index in [0.717, 1.165) is 96.3 Å². The number of esters is 3. The first-order valence-corrected chi connectivity index (χ1v) is 27.2. The minimum absolute atomic E-state index is 0.0974. The molecule has 0 aliphatic carbocycles. The summed E-state index contributed by atoms with van der Waals surface area (Å²) < 4.78 is 16.8. The van der Waals surface area contributed by atoms with Gasteiger partial charge in [0.1, 0.15) is 13.2 Å². The van der Waals surface area contributed by atoms with Gasteiger partial charge >= 0.3 is 17.9 Å². The fraction of sp³-hybridized carbons (Fsp3) is 0.712. The van der Waals surface area contributed by atoms with Gasteiger partial charge in [0.25, 0.3) is 0 Å². The third-order valence-corrected chi connectivity index (χ3v) is 11.5. The highest BCUT2D eigenvalue weighted by molar-refractivity contribution is 5.71. The van der Waals surface area contributed by atoms with Crippen molar-refractivity contribution in [1.29, 1.82) is 0 Å². The number of hydrogen-bond acceptors (Lipinski definition) is 6. The van der Waals surface area contributed by atoms with Gasteiger partial charge in [0.05, 0.1) is 0 Å². The zero-order valence-electron chi connectivity index (χ0n) is 42.5. The third kappa shape index (κ3) is 51.4. The first kappa shape index (κ1) is 61.6. The number of ether oxygens (including phenoxy) is 3. The Morgan fingerprint density at radius 2 is 0.600 bits per heavy atom. The number of hydrogen-bond donors (Lipinski definition) is 0. The molecule has 0 aromatic heterocycles. The summed E-state index contributed by atoms with van der Waals surface area (Å²) in [5.41, 5.74) is 0. The van der Waals surface area contributed by atoms with Crippen molar-refractivity contribution in [3.8, 4) is 0 Å². The maximum atomic E-state index is 12.8. The summed E-state index contributed by atoms with van der Waals surface area (Å²) in [7, 11) is 0. The van der Waals surface area contributed by atoms with Gasteiger partial charge in [-0.25, -0.2) is 0 Å². The molecule has 0 fully saturated rings. The molecule has 6 heteroatoms. The number of allylic oxidation sites excluding steroid dienone is 14. The molecule has 0 aromatic rings. The van der Waals surface area contributed by atoms with Gasteiger partial charge in [-0.15, -0.1) is 0 Å². The predicted molar refractivity (Wildman–Crippen MR) is 279 cm³/mol. The molecule has 0 saturated heterocycles. The first-order chi connectivity index (χ1) is 32.0. The average Bonchev–Trinajstić information content (AvgIpc) is 3.30. The van der Waals surface area contributed by atoms with Crippen molar-refractivity contribution in [3.05, 3.63) is 85.1 Å². The van der Waals surface area contributed by atoms with E-state index in [1.165, 1.54) is 116 Å². The van der Waals surface area contributed by atoms with Gasteiger partial charge in [-0.05, 0) is 57.8 Å². The summed E-state index contributed by atoms with van der Waals surface area (Å²) in [6, 6.07) is 0. The van der Waals surface area contributed by atoms with Gasteiger partial charge in [-0.2, -0.15) is 0 Å². The SMILES string of the molecule is CCC\C=C/C=C\C=C/C=C\C=C/CCCCCCCC(=O)OCC(COC(=O)CCCCC/C=C\C=C/CCCC)OC(=O)CCCCCCCCCCCCCCCCCCCC. The van der Waals surface area contributed by atoms with Gasteiger partial charge in [-0.1, -0.05) is 260 Å². The Morgan fingerprint density at radius 3 is 1.00 bits per heavy atom. The molecule has 0 N–H and O–H groups in total. The van der Waals surface area contributed by atoms with Crippen LogP contribution in [-0.4, -0.2) is 37.2 Å². The second kappa shape index (κ2) is 53.2. The Kier molecular flexibility index (Phi) is 50.4. The molecule has 0 rings (SSSR count). The zero-order valence-corrected chi connectivity index (χ0v) is 42.5. The number of carbonyl (C=O) groups is 3. The van der Waals surface area contributed by atoms with Crippen molar-refractivity contribution in [2.45, 2.75) is 258 Å². The van der Waals surface area contributed by atoms with E-state index in [0.29, 0.717) is 19.3 Å². The summed E-state index contributed by atoms with van der Waals surface area (Å²) in [5, 5.41) is 0. The Bertz CT molecular complexity index is 1270. The van der Waals surface area contributed by atoms with Gasteiger partial charge in [0.15, 0.2) is 6.10 Å². The smallest absolute Gasteiger partial charge is 0.306 e. The molecular formula is C59H100O6. The van der Waals surface area contributed by atoms with Crippen LogP contribution in [0.25, 0.3) is 0 Å². The largest absolute Gasteiger partial charge is 0.462 e. The lowest BCUT2D eigenvalue weighted by atomic mass is 10.0. The lowest BCUT2D eigenvalue weighted by Gasteiger charge is -2.18. The van der Waals surface area contributed by atoms with E-state index in [-0.39, 0.29) is 31.1 Å². The summed E-state index contributed by atoms with van der Waals surface area (Å²) >= 11 is 0. The lowest BCUT2D eigenvalue weighted by Crippen LogP contribution is -2.30. The maximum absolute atomic E-state index is 12.8. The van der Waals surface area contributed by atoms with E-state index in [1.807, 2.05) is 24.3 Å². The Labute approximate surface area is 401 Å². The Morgan fingerprint density at radius 1 is 0.308 bits per heavy atom. The number of carbonyl (C=O) groups excluding carboxylic acids is 3. The number of rotatable bonds is 48. The molecule has 6 nitrogen and oxygen atoms in total. The summed E-state index contributed by atoms with van der Waals surface area (Å²) in [6.45, 7) is 6.46. The topological polar surface area (TPSA) is 78.9 Å². The van der Waals surface area contributed by atoms with Crippen LogP contribution in [-0.2, 0) is 28.6 Å². The van der Waals surface area contributed by atoms with Crippen molar-refractivity contribution in [2.75, 3.05) is 13.2 Å². The standard InChI is InChI=1S/C59H100O6/c1-4-7-10-13-16-19-22-24-26-28-30-32-34-37-40-43-46-49-52-58(61)64-55-56(54-63-57(60)51-48-45-42-39-36-21-18-15-12-9-6-3)65-59(62)53-50-47-44-41-38-35-33-31-29-27-25-23-20-17-14-11-8-5-2/h10,13,15-16,18-19,21-22,24,26,28,30,32,36,56H,4-9,11-12,14,17,20,23,25,27,29,31,33-35,37-55H2,1-3H3/b13-10-,18-15-,19-16-,24-22-,28-26-,32-30-,36-21-. The summed E-state index contributed by atoms with van der Waals surface area (Å²) in [6.07, 6.45) is 68.5. The molecule has 0 spiro atoms. The van der Waals surface area contributed by atoms with E-state index in [2.05, 4.69) is 81.5 Å². The highest BCUT2D eigenvalue weighted by Gasteiger charge is 2.19. The molecule has 1 atom stereocenters. The van der Waals surface area contributed by atoms with Crippen molar-refractivity contribution in [2.24, 2.45) is 0 Å². The van der Waals surface area contributed by atoms with Crippen LogP contribution in [0.5, 0.6) is 0 Å². The van der Waals surface area contributed by atoms with Crippen LogP contribution in [0.1, 0.15) is 252 Å². The molecule has 0 aliphatic heterocycles. The van der Waals surface area contributed by atoms with Crippen LogP contribution < -0.4 is 0 Å². The van der Waals surface area contributed by atoms with Crippen LogP contribution in [0.15, 0.2) is 85.1 Å². The van der Waals surface area contributed by atoms with Gasteiger partial charge in [0, 0.05) is 19.3 Å². The molecule has 0 radical (unpaired) electrons. The molecule has 1 unspecified atom stereocenters. The lowest BCUT2D eigenvalue weighted by molar-refractivity contribution is -0.167. The van der Waals surface area contributed by atoms with E-state index in [1.54, 1.807) is 0 Å². The minimum Gasteiger partial charge on any atom is -0.462 e. The normalized spacial score (nSPS) is 12.7. The average molecular weight is 905 g/mol. The van der Waals surface area contributed by atoms with Gasteiger partial charge < -0.3 is 14.2 Å². The Balaban J connectivity index is 4.41. The third-order valence-electron chi connectivity index (χ3n) is 11.5. The molecule has 65 heavy (non-hydrogen) atoms. The van der Waals surface area contributed by atoms with Crippen LogP contribution >= 0.6 is 0 Å². The van der Waals surface area contributed by atoms with Gasteiger partial charge in [-0.3, -0.25) is 14.4 Å². The van der Waals surface area contributed by atoms with Crippen molar-refractivity contribution < 1.29 is 28.6 Å². The quantitative estimate of drug-likeness (QED) is 0.0262. The number of unbranched alkanes of at least 4 members (excludes halogenated alkanes) is 28. The minimum atomic E-state index is -0.796. The maximum Gasteiger partial charge on any atom is 0.306 e. The van der Waals surface area contributed by atoms with Crippen LogP contribution in [0.2, 0.25) is 0 Å². The van der Waals surface area contributed by atoms with Crippen LogP contribution in [0, 0.1) is 0 Å². The molecule has 0 amide bonds. The zero-order chi connectivity index (χ0) is 47.2. The fourth-order valence-corrected chi connectivity index (χ4v) is 7.39. The van der Waals surface area contributed by atoms with Crippen LogP contribution in [0.4, 0.5) is 0 Å². The molecule has 372 valence electrons. The highest BCUT2D eigenvalue weighted by Crippen LogP contribution is 2.16. The van der Waals surface area contributed by atoms with E-state index >= 15 is 0 Å². The molecular weight excluding hydrogens is 805 g/mol. The second-order valence-electron chi connectivity index (χ2n) is 17.9. The van der Waals surface area contributed by atoms with E-state index < -0.39 is 6.10 Å². The second-order valence-corrected chi connectivity index (χ2v) is 17.9. The first-order valence-electron chi connectivity index (χ1n) is 27.2. The van der Waals surface area contributed by atoms with Crippen molar-refractivity contribution >= 4 is 17.9 Å². The highest BCUT2D eigenvalue weighted by atomic mass is 16.6. The van der Waals surface area contributed by atoms with Crippen LogP contribution in [0.3, 0.4) is 0 Å². The van der Waals surface area contributed by atoms with Crippen molar-refractivity contribution in [3.63, 3.8) is 0 Å². The van der Waals surface area contributed by atoms with Crippen molar-refractivity contribution in [1.82, 2.24) is 0 Å². The molecule has 0 saturated carbocycles. The monoisotopic (exact) mass is 905 g/mol. The fourth-order valence-electron chi connectivity index (χ4n) is 7.39. The summed E-state index contributed by atoms with van der Waals surface area (Å²) in [5.74, 6) is -0.944. The van der Waals surface area contributed by atoms with Gasteiger partial charge in [0.2, 0.25) is 0 Å². The molecule has 0 bridgehead atoms. The predicted octanol–water partition coefficient (Wildman–Crippen LogP) is 18.0. The molecule has 0 heterocycles.